The lowest BCUT2D eigenvalue weighted by molar-refractivity contribution is -0.135. The van der Waals surface area contributed by atoms with E-state index in [9.17, 15) is 23.1 Å². The lowest BCUT2D eigenvalue weighted by Crippen LogP contribution is -2.56. The Kier molecular flexibility index (Phi) is 12.0. The molecule has 2 aliphatic heterocycles. The van der Waals surface area contributed by atoms with Crippen molar-refractivity contribution in [1.82, 2.24) is 14.7 Å². The fourth-order valence-electron chi connectivity index (χ4n) is 5.69. The van der Waals surface area contributed by atoms with Crippen molar-refractivity contribution < 1.29 is 32.2 Å². The summed E-state index contributed by atoms with van der Waals surface area (Å²) in [6.07, 6.45) is 0. The number of aliphatic imine (C=N–C) groups is 1. The summed E-state index contributed by atoms with van der Waals surface area (Å²) in [5.74, 6) is -1.28. The molecule has 0 radical (unpaired) electrons. The minimum Gasteiger partial charge on any atom is -0.493 e. The maximum atomic E-state index is 15.5. The van der Waals surface area contributed by atoms with Gasteiger partial charge < -0.3 is 19.6 Å². The molecule has 10 nitrogen and oxygen atoms in total. The van der Waals surface area contributed by atoms with Gasteiger partial charge in [0.25, 0.3) is 0 Å². The van der Waals surface area contributed by atoms with Crippen LogP contribution in [-0.2, 0) is 14.6 Å². The predicted octanol–water partition coefficient (Wildman–Crippen LogP) is 5.94. The SMILES string of the molecule is CCOc1cc(F)c(S(=O)(=O)C(C)C)cc1C1=NC(c2ccc(Cl)cc2)C(c2ccc(Cl)cc2)N1C(=O)N1CCN(CCO)C(=O)C1.Cl. The Balaban J connectivity index is 0.00000520. The molecular formula is C33H36Cl3FN4O6S. The molecule has 5 rings (SSSR count). The molecule has 0 aliphatic carbocycles. The number of aliphatic hydroxyl groups excluding tert-OH is 1. The number of nitrogens with zero attached hydrogens (tertiary/aromatic N) is 4. The Morgan fingerprint density at radius 2 is 1.65 bits per heavy atom. The highest BCUT2D eigenvalue weighted by molar-refractivity contribution is 7.92. The highest BCUT2D eigenvalue weighted by Crippen LogP contribution is 2.46. The summed E-state index contributed by atoms with van der Waals surface area (Å²) in [6.45, 7) is 4.77. The van der Waals surface area contributed by atoms with E-state index in [0.717, 1.165) is 6.07 Å². The minimum absolute atomic E-state index is 0. The lowest BCUT2D eigenvalue weighted by Gasteiger charge is -2.38. The number of halogens is 4. The third-order valence-corrected chi connectivity index (χ3v) is 10.8. The lowest BCUT2D eigenvalue weighted by atomic mass is 9.93. The smallest absolute Gasteiger partial charge is 0.326 e. The van der Waals surface area contributed by atoms with Crippen LogP contribution in [0.4, 0.5) is 9.18 Å². The molecular weight excluding hydrogens is 706 g/mol. The first-order valence-corrected chi connectivity index (χ1v) is 17.4. The summed E-state index contributed by atoms with van der Waals surface area (Å²) in [5, 5.41) is 9.42. The van der Waals surface area contributed by atoms with Gasteiger partial charge in [0.05, 0.1) is 30.1 Å². The number of amidine groups is 1. The van der Waals surface area contributed by atoms with Crippen LogP contribution in [0.1, 0.15) is 49.5 Å². The van der Waals surface area contributed by atoms with Gasteiger partial charge in [-0.3, -0.25) is 14.7 Å². The topological polar surface area (TPSA) is 120 Å². The third-order valence-electron chi connectivity index (χ3n) is 8.16. The molecule has 1 saturated heterocycles. The fraction of sp³-hybridized carbons (Fsp3) is 0.364. The van der Waals surface area contributed by atoms with Crippen LogP contribution in [0.5, 0.6) is 5.75 Å². The molecule has 3 aromatic rings. The first-order valence-electron chi connectivity index (χ1n) is 15.1. The van der Waals surface area contributed by atoms with Crippen LogP contribution in [0.3, 0.4) is 0 Å². The van der Waals surface area contributed by atoms with Gasteiger partial charge in [-0.1, -0.05) is 47.5 Å². The van der Waals surface area contributed by atoms with Gasteiger partial charge in [-0.2, -0.15) is 0 Å². The summed E-state index contributed by atoms with van der Waals surface area (Å²) in [6, 6.07) is 13.9. The molecule has 3 amide bonds. The molecule has 0 spiro atoms. The number of ether oxygens (including phenoxy) is 1. The Bertz CT molecular complexity index is 1790. The molecule has 15 heteroatoms. The zero-order valence-electron chi connectivity index (χ0n) is 26.5. The average Bonchev–Trinajstić information content (AvgIpc) is 3.42. The summed E-state index contributed by atoms with van der Waals surface area (Å²) >= 11 is 12.5. The average molecular weight is 742 g/mol. The van der Waals surface area contributed by atoms with Crippen LogP contribution in [0.2, 0.25) is 10.0 Å². The van der Waals surface area contributed by atoms with Gasteiger partial charge in [-0.15, -0.1) is 12.4 Å². The molecule has 2 unspecified atom stereocenters. The number of piperazine rings is 1. The number of β-amino-alcohol motifs (C(OH)–C–C–N with tert-alkyl or cyclic N) is 1. The van der Waals surface area contributed by atoms with Gasteiger partial charge in [0.1, 0.15) is 34.9 Å². The second-order valence-electron chi connectivity index (χ2n) is 11.4. The van der Waals surface area contributed by atoms with E-state index in [-0.39, 0.29) is 74.9 Å². The first-order chi connectivity index (χ1) is 22.4. The number of hydrogen-bond acceptors (Lipinski definition) is 7. The highest BCUT2D eigenvalue weighted by atomic mass is 35.5. The molecule has 0 aromatic heterocycles. The second-order valence-corrected chi connectivity index (χ2v) is 14.8. The molecule has 0 bridgehead atoms. The van der Waals surface area contributed by atoms with E-state index in [1.165, 1.54) is 34.6 Å². The summed E-state index contributed by atoms with van der Waals surface area (Å²) in [5.41, 5.74) is 1.45. The van der Waals surface area contributed by atoms with E-state index in [0.29, 0.717) is 21.2 Å². The number of carbonyl (C=O) groups is 2. The van der Waals surface area contributed by atoms with E-state index < -0.39 is 43.9 Å². The van der Waals surface area contributed by atoms with Gasteiger partial charge >= 0.3 is 6.03 Å². The van der Waals surface area contributed by atoms with Crippen molar-refractivity contribution >= 4 is 63.2 Å². The van der Waals surface area contributed by atoms with Crippen molar-refractivity contribution in [3.8, 4) is 5.75 Å². The van der Waals surface area contributed by atoms with E-state index in [2.05, 4.69) is 0 Å². The van der Waals surface area contributed by atoms with Crippen molar-refractivity contribution in [2.24, 2.45) is 4.99 Å². The summed E-state index contributed by atoms with van der Waals surface area (Å²) < 4.78 is 47.9. The summed E-state index contributed by atoms with van der Waals surface area (Å²) in [4.78, 5) is 36.4. The highest BCUT2D eigenvalue weighted by Gasteiger charge is 2.46. The van der Waals surface area contributed by atoms with Gasteiger partial charge in [0, 0.05) is 35.7 Å². The normalized spacial score (nSPS) is 18.2. The molecule has 258 valence electrons. The number of hydrogen-bond donors (Lipinski definition) is 1. The standard InChI is InChI=1S/C33H35Cl2FN4O6S.ClH/c1-4-46-27-18-26(36)28(47(44,45)20(2)3)17-25(27)32-37-30(21-5-9-23(34)10-6-21)31(22-7-11-24(35)12-8-22)40(32)33(43)39-14-13-38(15-16-41)29(42)19-39;/h5-12,17-18,20,30-31,41H,4,13-16,19H2,1-3H3;1H. The quantitative estimate of drug-likeness (QED) is 0.290. The number of carbonyl (C=O) groups excluding carboxylic acids is 2. The molecule has 2 aliphatic rings. The van der Waals surface area contributed by atoms with Crippen molar-refractivity contribution in [1.29, 1.82) is 0 Å². The number of benzene rings is 3. The fourth-order valence-corrected chi connectivity index (χ4v) is 7.07. The van der Waals surface area contributed by atoms with Crippen molar-refractivity contribution in [3.63, 3.8) is 0 Å². The van der Waals surface area contributed by atoms with Crippen molar-refractivity contribution in [2.45, 2.75) is 43.0 Å². The maximum absolute atomic E-state index is 15.5. The second kappa shape index (κ2) is 15.4. The molecule has 1 N–H and O–H groups in total. The van der Waals surface area contributed by atoms with E-state index in [1.807, 2.05) is 0 Å². The van der Waals surface area contributed by atoms with Gasteiger partial charge in [-0.25, -0.2) is 17.6 Å². The van der Waals surface area contributed by atoms with Crippen LogP contribution in [-0.4, -0.2) is 90.6 Å². The number of urea groups is 1. The number of aliphatic hydroxyl groups is 1. The first kappa shape index (κ1) is 37.4. The van der Waals surface area contributed by atoms with Crippen LogP contribution < -0.4 is 4.74 Å². The molecule has 2 heterocycles. The zero-order chi connectivity index (χ0) is 34.0. The van der Waals surface area contributed by atoms with Gasteiger partial charge in [-0.05, 0) is 62.2 Å². The molecule has 2 atom stereocenters. The van der Waals surface area contributed by atoms with Crippen LogP contribution in [0.25, 0.3) is 0 Å². The zero-order valence-corrected chi connectivity index (χ0v) is 29.6. The third kappa shape index (κ3) is 7.42. The van der Waals surface area contributed by atoms with Crippen molar-refractivity contribution in [2.75, 3.05) is 39.4 Å². The van der Waals surface area contributed by atoms with Crippen LogP contribution in [0, 0.1) is 5.82 Å². The molecule has 3 aromatic carbocycles. The molecule has 0 saturated carbocycles. The number of sulfone groups is 1. The Morgan fingerprint density at radius 1 is 1.04 bits per heavy atom. The largest absolute Gasteiger partial charge is 0.493 e. The van der Waals surface area contributed by atoms with E-state index >= 15 is 4.39 Å². The van der Waals surface area contributed by atoms with E-state index in [4.69, 9.17) is 32.9 Å². The number of amides is 3. The Morgan fingerprint density at radius 3 is 2.19 bits per heavy atom. The molecule has 48 heavy (non-hydrogen) atoms. The summed E-state index contributed by atoms with van der Waals surface area (Å²) in [7, 11) is -4.11. The van der Waals surface area contributed by atoms with Gasteiger partial charge in [0.15, 0.2) is 9.84 Å². The van der Waals surface area contributed by atoms with Crippen LogP contribution >= 0.6 is 35.6 Å². The van der Waals surface area contributed by atoms with Gasteiger partial charge in [0.2, 0.25) is 5.91 Å². The monoisotopic (exact) mass is 740 g/mol. The van der Waals surface area contributed by atoms with Crippen LogP contribution in [0.15, 0.2) is 70.6 Å². The van der Waals surface area contributed by atoms with Crippen molar-refractivity contribution in [3.05, 3.63) is 93.2 Å². The Labute approximate surface area is 295 Å². The molecule has 1 fully saturated rings. The number of rotatable bonds is 9. The predicted molar refractivity (Wildman–Crippen MR) is 185 cm³/mol. The minimum atomic E-state index is -4.11. The maximum Gasteiger partial charge on any atom is 0.326 e. The Hall–Kier alpha value is -3.42. The van der Waals surface area contributed by atoms with E-state index in [1.54, 1.807) is 55.5 Å².